The first-order valence-corrected chi connectivity index (χ1v) is 7.90. The van der Waals surface area contributed by atoms with E-state index in [2.05, 4.69) is 10.1 Å². The molecule has 27 heavy (non-hydrogen) atoms. The van der Waals surface area contributed by atoms with Gasteiger partial charge in [0.15, 0.2) is 0 Å². The fraction of sp³-hybridized carbons (Fsp3) is 0.105. The Kier molecular flexibility index (Phi) is 5.35. The molecule has 0 spiro atoms. The number of halogens is 3. The highest BCUT2D eigenvalue weighted by atomic mass is 19.4. The van der Waals surface area contributed by atoms with Crippen LogP contribution in [0, 0.1) is 0 Å². The monoisotopic (exact) mass is 373 g/mol. The van der Waals surface area contributed by atoms with E-state index in [0.29, 0.717) is 0 Å². The normalized spacial score (nSPS) is 12.0. The highest BCUT2D eigenvalue weighted by Crippen LogP contribution is 2.29. The number of amides is 1. The third-order valence-corrected chi connectivity index (χ3v) is 3.56. The maximum atomic E-state index is 12.7. The molecule has 0 saturated heterocycles. The first-order valence-electron chi connectivity index (χ1n) is 7.90. The Hall–Kier alpha value is -3.42. The second-order valence-electron chi connectivity index (χ2n) is 5.53. The molecule has 0 unspecified atom stereocenters. The fourth-order valence-corrected chi connectivity index (χ4v) is 2.27. The van der Waals surface area contributed by atoms with Crippen LogP contribution in [-0.4, -0.2) is 15.9 Å². The molecule has 0 bridgehead atoms. The van der Waals surface area contributed by atoms with Gasteiger partial charge in [0, 0.05) is 6.20 Å². The first kappa shape index (κ1) is 18.4. The molecule has 0 N–H and O–H groups in total. The Morgan fingerprint density at radius 3 is 2.52 bits per heavy atom. The molecule has 0 aliphatic carbocycles. The van der Waals surface area contributed by atoms with E-state index in [0.717, 1.165) is 17.8 Å². The Balaban J connectivity index is 1.65. The van der Waals surface area contributed by atoms with Crippen molar-refractivity contribution >= 4 is 6.09 Å². The molecule has 1 aromatic heterocycles. The van der Waals surface area contributed by atoms with Gasteiger partial charge in [0.2, 0.25) is 0 Å². The summed E-state index contributed by atoms with van der Waals surface area (Å²) >= 11 is 0. The number of rotatable bonds is 3. The van der Waals surface area contributed by atoms with Gasteiger partial charge in [0.25, 0.3) is 0 Å². The molecule has 0 aliphatic rings. The first-order chi connectivity index (χ1) is 12.9. The SMILES string of the molecule is O=C(/N=c1\ccn(-c2ccccc2)nc1)OCc1cccc(C(F)(F)F)c1. The van der Waals surface area contributed by atoms with Crippen molar-refractivity contribution in [3.63, 3.8) is 0 Å². The lowest BCUT2D eigenvalue weighted by Gasteiger charge is -2.08. The molecule has 8 heteroatoms. The van der Waals surface area contributed by atoms with Gasteiger partial charge >= 0.3 is 12.3 Å². The maximum Gasteiger partial charge on any atom is 0.434 e. The zero-order valence-corrected chi connectivity index (χ0v) is 13.9. The summed E-state index contributed by atoms with van der Waals surface area (Å²) in [5, 5.41) is 4.42. The predicted octanol–water partition coefficient (Wildman–Crippen LogP) is 4.13. The minimum absolute atomic E-state index is 0.224. The molecule has 0 saturated carbocycles. The van der Waals surface area contributed by atoms with Crippen LogP contribution >= 0.6 is 0 Å². The second-order valence-corrected chi connectivity index (χ2v) is 5.53. The summed E-state index contributed by atoms with van der Waals surface area (Å²) in [5.74, 6) is 0. The average Bonchev–Trinajstić information content (AvgIpc) is 2.67. The Labute approximate surface area is 152 Å². The number of alkyl halides is 3. The van der Waals surface area contributed by atoms with E-state index in [1.165, 1.54) is 18.3 Å². The molecule has 0 fully saturated rings. The van der Waals surface area contributed by atoms with Gasteiger partial charge in [-0.3, -0.25) is 0 Å². The van der Waals surface area contributed by atoms with Crippen LogP contribution in [0.25, 0.3) is 5.69 Å². The average molecular weight is 373 g/mol. The highest BCUT2D eigenvalue weighted by Gasteiger charge is 2.30. The molecular formula is C19H14F3N3O2. The number of aromatic nitrogens is 2. The number of nitrogens with zero attached hydrogens (tertiary/aromatic N) is 3. The van der Waals surface area contributed by atoms with Gasteiger partial charge < -0.3 is 4.74 Å². The van der Waals surface area contributed by atoms with Crippen molar-refractivity contribution in [3.8, 4) is 5.69 Å². The lowest BCUT2D eigenvalue weighted by Crippen LogP contribution is -2.12. The van der Waals surface area contributed by atoms with E-state index in [1.54, 1.807) is 16.9 Å². The van der Waals surface area contributed by atoms with Crippen molar-refractivity contribution in [2.75, 3.05) is 0 Å². The molecule has 138 valence electrons. The molecule has 1 amide bonds. The lowest BCUT2D eigenvalue weighted by atomic mass is 10.1. The summed E-state index contributed by atoms with van der Waals surface area (Å²) in [6.45, 7) is -0.309. The number of para-hydroxylation sites is 1. The van der Waals surface area contributed by atoms with Crippen LogP contribution in [0.1, 0.15) is 11.1 Å². The summed E-state index contributed by atoms with van der Waals surface area (Å²) in [6.07, 6.45) is -2.34. The minimum atomic E-state index is -4.45. The van der Waals surface area contributed by atoms with Gasteiger partial charge in [-0.15, -0.1) is 0 Å². The predicted molar refractivity (Wildman–Crippen MR) is 90.8 cm³/mol. The molecule has 3 rings (SSSR count). The van der Waals surface area contributed by atoms with E-state index < -0.39 is 17.8 Å². The van der Waals surface area contributed by atoms with Crippen molar-refractivity contribution in [3.05, 3.63) is 89.5 Å². The molecule has 3 aromatic rings. The van der Waals surface area contributed by atoms with Crippen LogP contribution in [0.3, 0.4) is 0 Å². The molecule has 2 aromatic carbocycles. The number of benzene rings is 2. The number of hydrogen-bond acceptors (Lipinski definition) is 3. The van der Waals surface area contributed by atoms with E-state index in [4.69, 9.17) is 4.74 Å². The molecule has 1 heterocycles. The summed E-state index contributed by atoms with van der Waals surface area (Å²) in [6, 6.07) is 15.5. The smallest absolute Gasteiger partial charge is 0.434 e. The molecule has 0 atom stereocenters. The third-order valence-electron chi connectivity index (χ3n) is 3.56. The van der Waals surface area contributed by atoms with Gasteiger partial charge in [-0.25, -0.2) is 9.48 Å². The second kappa shape index (κ2) is 7.86. The van der Waals surface area contributed by atoms with E-state index in [9.17, 15) is 18.0 Å². The zero-order valence-electron chi connectivity index (χ0n) is 13.9. The number of carbonyl (C=O) groups excluding carboxylic acids is 1. The summed E-state index contributed by atoms with van der Waals surface area (Å²) in [5.41, 5.74) is 0.267. The lowest BCUT2D eigenvalue weighted by molar-refractivity contribution is -0.137. The molecule has 5 nitrogen and oxygen atoms in total. The van der Waals surface area contributed by atoms with Crippen LogP contribution in [0.5, 0.6) is 0 Å². The van der Waals surface area contributed by atoms with Gasteiger partial charge in [-0.1, -0.05) is 30.3 Å². The summed E-state index contributed by atoms with van der Waals surface area (Å²) < 4.78 is 44.5. The van der Waals surface area contributed by atoms with Crippen LogP contribution in [0.2, 0.25) is 0 Å². The minimum Gasteiger partial charge on any atom is -0.443 e. The summed E-state index contributed by atoms with van der Waals surface area (Å²) in [7, 11) is 0. The van der Waals surface area contributed by atoms with E-state index >= 15 is 0 Å². The van der Waals surface area contributed by atoms with Crippen LogP contribution < -0.4 is 5.36 Å². The van der Waals surface area contributed by atoms with Gasteiger partial charge in [-0.2, -0.15) is 23.3 Å². The molecule has 0 aliphatic heterocycles. The molecule has 0 radical (unpaired) electrons. The standard InChI is InChI=1S/C19H14F3N3O2/c20-19(21,22)15-6-4-5-14(11-15)13-27-18(26)24-16-9-10-25(23-12-16)17-7-2-1-3-8-17/h1-12H,13H2/b24-16+. The largest absolute Gasteiger partial charge is 0.443 e. The van der Waals surface area contributed by atoms with Gasteiger partial charge in [0.05, 0.1) is 22.8 Å². The van der Waals surface area contributed by atoms with Crippen LogP contribution in [0.15, 0.2) is 78.0 Å². The topological polar surface area (TPSA) is 56.5 Å². The number of ether oxygens (including phenoxy) is 1. The quantitative estimate of drug-likeness (QED) is 0.694. The van der Waals surface area contributed by atoms with E-state index in [1.807, 2.05) is 30.3 Å². The van der Waals surface area contributed by atoms with Crippen molar-refractivity contribution in [1.29, 1.82) is 0 Å². The third kappa shape index (κ3) is 5.04. The highest BCUT2D eigenvalue weighted by molar-refractivity contribution is 5.68. The van der Waals surface area contributed by atoms with Gasteiger partial charge in [0.1, 0.15) is 6.61 Å². The van der Waals surface area contributed by atoms with Crippen molar-refractivity contribution in [1.82, 2.24) is 9.78 Å². The Bertz CT molecular complexity index is 978. The number of hydrogen-bond donors (Lipinski definition) is 0. The van der Waals surface area contributed by atoms with E-state index in [-0.39, 0.29) is 17.5 Å². The zero-order chi connectivity index (χ0) is 19.3. The number of carbonyl (C=O) groups is 1. The maximum absolute atomic E-state index is 12.7. The molecular weight excluding hydrogens is 359 g/mol. The Morgan fingerprint density at radius 2 is 1.85 bits per heavy atom. The van der Waals surface area contributed by atoms with Crippen molar-refractivity contribution in [2.45, 2.75) is 12.8 Å². The van der Waals surface area contributed by atoms with Crippen LogP contribution in [0.4, 0.5) is 18.0 Å². The summed E-state index contributed by atoms with van der Waals surface area (Å²) in [4.78, 5) is 15.5. The van der Waals surface area contributed by atoms with Crippen molar-refractivity contribution < 1.29 is 22.7 Å². The van der Waals surface area contributed by atoms with Gasteiger partial charge in [-0.05, 0) is 35.9 Å². The Morgan fingerprint density at radius 1 is 1.07 bits per heavy atom. The van der Waals surface area contributed by atoms with Crippen LogP contribution in [-0.2, 0) is 17.5 Å². The van der Waals surface area contributed by atoms with Crippen molar-refractivity contribution in [2.24, 2.45) is 4.99 Å². The fourth-order valence-electron chi connectivity index (χ4n) is 2.27.